The summed E-state index contributed by atoms with van der Waals surface area (Å²) in [6.07, 6.45) is 8.42. The molecule has 1 aromatic rings. The molecule has 28 heavy (non-hydrogen) atoms. The van der Waals surface area contributed by atoms with Crippen molar-refractivity contribution in [3.63, 3.8) is 0 Å². The third-order valence-electron chi connectivity index (χ3n) is 7.05. The molecule has 1 heterocycles. The summed E-state index contributed by atoms with van der Waals surface area (Å²) in [4.78, 5) is 0. The molecular weight excluding hydrogens is 463 g/mol. The van der Waals surface area contributed by atoms with Crippen LogP contribution in [0.3, 0.4) is 0 Å². The SMILES string of the molecule is CC(C)(CCCCCCI)c1cc(O)c2c(c1)OC(C)(C)[C@@H]1CCC(O)C[C@@H]21. The number of hydrogen-bond donors (Lipinski definition) is 2. The van der Waals surface area contributed by atoms with Crippen LogP contribution < -0.4 is 4.74 Å². The van der Waals surface area contributed by atoms with E-state index in [9.17, 15) is 10.2 Å². The topological polar surface area (TPSA) is 49.7 Å². The molecule has 1 saturated carbocycles. The maximum Gasteiger partial charge on any atom is 0.127 e. The lowest BCUT2D eigenvalue weighted by Crippen LogP contribution is -2.47. The molecule has 0 aromatic heterocycles. The molecule has 0 amide bonds. The van der Waals surface area contributed by atoms with Gasteiger partial charge in [-0.05, 0) is 73.5 Å². The summed E-state index contributed by atoms with van der Waals surface area (Å²) in [6, 6.07) is 4.13. The quantitative estimate of drug-likeness (QED) is 0.256. The van der Waals surface area contributed by atoms with Crippen LogP contribution in [0.1, 0.15) is 96.1 Å². The molecule has 1 aliphatic heterocycles. The van der Waals surface area contributed by atoms with Crippen molar-refractivity contribution in [1.82, 2.24) is 0 Å². The highest BCUT2D eigenvalue weighted by Gasteiger charge is 2.47. The van der Waals surface area contributed by atoms with Crippen molar-refractivity contribution in [3.05, 3.63) is 23.3 Å². The van der Waals surface area contributed by atoms with Crippen LogP contribution in [0.5, 0.6) is 11.5 Å². The molecule has 2 N–H and O–H groups in total. The van der Waals surface area contributed by atoms with Gasteiger partial charge in [0.2, 0.25) is 0 Å². The summed E-state index contributed by atoms with van der Waals surface area (Å²) >= 11 is 2.45. The highest BCUT2D eigenvalue weighted by atomic mass is 127. The van der Waals surface area contributed by atoms with E-state index in [-0.39, 0.29) is 23.0 Å². The van der Waals surface area contributed by atoms with E-state index in [1.54, 1.807) is 0 Å². The number of aliphatic hydroxyl groups excluding tert-OH is 1. The first-order chi connectivity index (χ1) is 13.2. The molecule has 0 saturated heterocycles. The van der Waals surface area contributed by atoms with E-state index in [1.807, 2.05) is 6.07 Å². The number of unbranched alkanes of at least 4 members (excludes halogenated alkanes) is 3. The third-order valence-corrected chi connectivity index (χ3v) is 7.81. The van der Waals surface area contributed by atoms with Crippen LogP contribution in [-0.2, 0) is 5.41 Å². The average Bonchev–Trinajstić information content (AvgIpc) is 2.60. The fourth-order valence-corrected chi connectivity index (χ4v) is 5.82. The number of halogens is 1. The van der Waals surface area contributed by atoms with Gasteiger partial charge in [-0.3, -0.25) is 0 Å². The normalized spacial score (nSPS) is 26.3. The Kier molecular flexibility index (Phi) is 6.90. The molecule has 1 aliphatic carbocycles. The van der Waals surface area contributed by atoms with Crippen LogP contribution >= 0.6 is 22.6 Å². The van der Waals surface area contributed by atoms with Crippen molar-refractivity contribution in [3.8, 4) is 11.5 Å². The molecule has 0 bridgehead atoms. The number of aliphatic hydroxyl groups is 1. The molecule has 1 unspecified atom stereocenters. The zero-order valence-corrected chi connectivity index (χ0v) is 20.1. The first-order valence-corrected chi connectivity index (χ1v) is 12.5. The molecule has 3 atom stereocenters. The van der Waals surface area contributed by atoms with Gasteiger partial charge in [-0.2, -0.15) is 0 Å². The zero-order chi connectivity index (χ0) is 20.5. The van der Waals surface area contributed by atoms with Gasteiger partial charge in [0.15, 0.2) is 0 Å². The minimum Gasteiger partial charge on any atom is -0.508 e. The number of benzene rings is 1. The van der Waals surface area contributed by atoms with Crippen LogP contribution in [0.4, 0.5) is 0 Å². The van der Waals surface area contributed by atoms with Gasteiger partial charge in [0, 0.05) is 17.4 Å². The monoisotopic (exact) mass is 500 g/mol. The predicted octanol–water partition coefficient (Wildman–Crippen LogP) is 6.47. The Bertz CT molecular complexity index is 683. The molecule has 0 spiro atoms. The van der Waals surface area contributed by atoms with E-state index in [4.69, 9.17) is 4.74 Å². The Labute approximate surface area is 184 Å². The second-order valence-corrected chi connectivity index (χ2v) is 11.1. The standard InChI is InChI=1S/C24H37IO3/c1-23(2,11-7-5-6-8-12-25)16-13-20(27)22-18-15-17(26)9-10-19(18)24(3,4)28-21(22)14-16/h13-14,17-19,26-27H,5-12,15H2,1-4H3/t17?,18-,19-/m1/s1. The fraction of sp³-hybridized carbons (Fsp3) is 0.750. The van der Waals surface area contributed by atoms with E-state index in [0.717, 1.165) is 42.6 Å². The zero-order valence-electron chi connectivity index (χ0n) is 17.9. The first kappa shape index (κ1) is 22.2. The Morgan fingerprint density at radius 2 is 1.86 bits per heavy atom. The summed E-state index contributed by atoms with van der Waals surface area (Å²) < 4.78 is 7.70. The number of phenolic OH excluding ortho intramolecular Hbond substituents is 1. The lowest BCUT2D eigenvalue weighted by Gasteiger charge is -2.48. The second kappa shape index (κ2) is 8.71. The van der Waals surface area contributed by atoms with Crippen LogP contribution in [0.2, 0.25) is 0 Å². The maximum atomic E-state index is 11.0. The molecule has 1 fully saturated rings. The summed E-state index contributed by atoms with van der Waals surface area (Å²) in [5, 5.41) is 21.2. The second-order valence-electron chi connectivity index (χ2n) is 10.0. The van der Waals surface area contributed by atoms with E-state index < -0.39 is 0 Å². The molecule has 2 aliphatic rings. The Morgan fingerprint density at radius 3 is 2.57 bits per heavy atom. The van der Waals surface area contributed by atoms with Crippen LogP contribution in [-0.4, -0.2) is 26.3 Å². The lowest BCUT2D eigenvalue weighted by molar-refractivity contribution is -0.0318. The highest BCUT2D eigenvalue weighted by Crippen LogP contribution is 2.55. The van der Waals surface area contributed by atoms with Gasteiger partial charge >= 0.3 is 0 Å². The number of ether oxygens (including phenoxy) is 1. The molecule has 0 radical (unpaired) electrons. The van der Waals surface area contributed by atoms with Crippen molar-refractivity contribution in [2.45, 2.75) is 102 Å². The predicted molar refractivity (Wildman–Crippen MR) is 124 cm³/mol. The Hall–Kier alpha value is -0.490. The van der Waals surface area contributed by atoms with Crippen molar-refractivity contribution in [1.29, 1.82) is 0 Å². The van der Waals surface area contributed by atoms with Gasteiger partial charge in [-0.1, -0.05) is 55.7 Å². The third kappa shape index (κ3) is 4.63. The van der Waals surface area contributed by atoms with Crippen molar-refractivity contribution < 1.29 is 14.9 Å². The van der Waals surface area contributed by atoms with Crippen LogP contribution in [0.15, 0.2) is 12.1 Å². The minimum atomic E-state index is -0.277. The van der Waals surface area contributed by atoms with E-state index in [1.165, 1.54) is 30.1 Å². The molecule has 158 valence electrons. The van der Waals surface area contributed by atoms with E-state index >= 15 is 0 Å². The van der Waals surface area contributed by atoms with Crippen molar-refractivity contribution >= 4 is 22.6 Å². The van der Waals surface area contributed by atoms with E-state index in [2.05, 4.69) is 56.4 Å². The van der Waals surface area contributed by atoms with Crippen molar-refractivity contribution in [2.75, 3.05) is 4.43 Å². The molecule has 4 heteroatoms. The first-order valence-electron chi connectivity index (χ1n) is 11.0. The summed E-state index contributed by atoms with van der Waals surface area (Å²) in [7, 11) is 0. The number of fused-ring (bicyclic) bond motifs is 3. The number of aromatic hydroxyl groups is 1. The van der Waals surface area contributed by atoms with Gasteiger partial charge in [0.25, 0.3) is 0 Å². The summed E-state index contributed by atoms with van der Waals surface area (Å²) in [5.41, 5.74) is 1.81. The average molecular weight is 500 g/mol. The molecule has 3 rings (SSSR count). The maximum absolute atomic E-state index is 11.0. The highest BCUT2D eigenvalue weighted by molar-refractivity contribution is 14.1. The summed E-state index contributed by atoms with van der Waals surface area (Å²) in [5.74, 6) is 1.69. The van der Waals surface area contributed by atoms with E-state index in [0.29, 0.717) is 11.7 Å². The number of phenols is 1. The molecule has 3 nitrogen and oxygen atoms in total. The minimum absolute atomic E-state index is 0.00721. The Morgan fingerprint density at radius 1 is 1.14 bits per heavy atom. The lowest BCUT2D eigenvalue weighted by atomic mass is 9.65. The summed E-state index contributed by atoms with van der Waals surface area (Å²) in [6.45, 7) is 8.86. The van der Waals surface area contributed by atoms with Crippen molar-refractivity contribution in [2.24, 2.45) is 5.92 Å². The van der Waals surface area contributed by atoms with Gasteiger partial charge in [0.05, 0.1) is 6.10 Å². The van der Waals surface area contributed by atoms with Gasteiger partial charge < -0.3 is 14.9 Å². The van der Waals surface area contributed by atoms with Gasteiger partial charge in [-0.15, -0.1) is 0 Å². The largest absolute Gasteiger partial charge is 0.508 e. The number of alkyl halides is 1. The number of rotatable bonds is 7. The number of hydrogen-bond acceptors (Lipinski definition) is 3. The molecule has 1 aromatic carbocycles. The van der Waals surface area contributed by atoms with Crippen LogP contribution in [0.25, 0.3) is 0 Å². The Balaban J connectivity index is 1.85. The van der Waals surface area contributed by atoms with Gasteiger partial charge in [-0.25, -0.2) is 0 Å². The van der Waals surface area contributed by atoms with Gasteiger partial charge in [0.1, 0.15) is 17.1 Å². The smallest absolute Gasteiger partial charge is 0.127 e. The fourth-order valence-electron chi connectivity index (χ4n) is 5.28. The molecular formula is C24H37IO3. The van der Waals surface area contributed by atoms with Crippen LogP contribution in [0, 0.1) is 5.92 Å².